The van der Waals surface area contributed by atoms with Gasteiger partial charge in [0.1, 0.15) is 11.2 Å². The van der Waals surface area contributed by atoms with Gasteiger partial charge in [-0.3, -0.25) is 18.7 Å². The Bertz CT molecular complexity index is 1180. The molecule has 0 unspecified atom stereocenters. The molecule has 1 saturated heterocycles. The molecule has 1 fully saturated rings. The molecular formula is C22H25N3O3S. The molecule has 3 heterocycles. The van der Waals surface area contributed by atoms with E-state index in [1.807, 2.05) is 36.9 Å². The van der Waals surface area contributed by atoms with E-state index in [2.05, 4.69) is 0 Å². The largest absolute Gasteiger partial charge is 0.341 e. The molecule has 0 N–H and O–H groups in total. The second-order valence-electron chi connectivity index (χ2n) is 7.76. The fourth-order valence-corrected chi connectivity index (χ4v) is 4.73. The molecule has 152 valence electrons. The number of nitrogens with zero attached hydrogens (tertiary/aromatic N) is 3. The van der Waals surface area contributed by atoms with Gasteiger partial charge >= 0.3 is 5.69 Å². The molecule has 0 saturated carbocycles. The maximum absolute atomic E-state index is 13.2. The van der Waals surface area contributed by atoms with Gasteiger partial charge in [-0.2, -0.15) is 0 Å². The molecule has 1 aromatic carbocycles. The second kappa shape index (κ2) is 7.99. The summed E-state index contributed by atoms with van der Waals surface area (Å²) in [6.45, 7) is 5.69. The fraction of sp³-hybridized carbons (Fsp3) is 0.409. The van der Waals surface area contributed by atoms with Crippen LogP contribution in [0, 0.1) is 13.8 Å². The number of benzene rings is 1. The van der Waals surface area contributed by atoms with Crippen LogP contribution in [0.15, 0.2) is 39.2 Å². The summed E-state index contributed by atoms with van der Waals surface area (Å²) in [5, 5.41) is 1.80. The van der Waals surface area contributed by atoms with Crippen molar-refractivity contribution in [2.45, 2.75) is 46.2 Å². The van der Waals surface area contributed by atoms with Gasteiger partial charge < -0.3 is 4.90 Å². The molecule has 2 aromatic heterocycles. The summed E-state index contributed by atoms with van der Waals surface area (Å²) in [5.41, 5.74) is 3.01. The predicted octanol–water partition coefficient (Wildman–Crippen LogP) is 2.90. The molecule has 0 aliphatic carbocycles. The molecule has 0 atom stereocenters. The van der Waals surface area contributed by atoms with Gasteiger partial charge in [0.15, 0.2) is 0 Å². The third-order valence-corrected chi connectivity index (χ3v) is 6.64. The highest BCUT2D eigenvalue weighted by molar-refractivity contribution is 7.17. The topological polar surface area (TPSA) is 64.3 Å². The zero-order chi connectivity index (χ0) is 20.5. The molecule has 29 heavy (non-hydrogen) atoms. The lowest BCUT2D eigenvalue weighted by Crippen LogP contribution is -2.44. The van der Waals surface area contributed by atoms with E-state index in [4.69, 9.17) is 0 Å². The molecule has 0 bridgehead atoms. The zero-order valence-corrected chi connectivity index (χ0v) is 17.6. The van der Waals surface area contributed by atoms with Crippen LogP contribution in [0.25, 0.3) is 10.2 Å². The Labute approximate surface area is 173 Å². The van der Waals surface area contributed by atoms with Crippen LogP contribution < -0.4 is 11.2 Å². The minimum atomic E-state index is -0.426. The van der Waals surface area contributed by atoms with Crippen molar-refractivity contribution in [3.8, 4) is 0 Å². The summed E-state index contributed by atoms with van der Waals surface area (Å²) < 4.78 is 3.23. The number of hydrogen-bond donors (Lipinski definition) is 0. The highest BCUT2D eigenvalue weighted by atomic mass is 32.1. The van der Waals surface area contributed by atoms with Crippen LogP contribution in [-0.2, 0) is 17.9 Å². The van der Waals surface area contributed by atoms with Crippen molar-refractivity contribution in [3.05, 3.63) is 67.2 Å². The summed E-state index contributed by atoms with van der Waals surface area (Å²) in [6, 6.07) is 7.70. The van der Waals surface area contributed by atoms with Gasteiger partial charge in [-0.1, -0.05) is 18.2 Å². The molecule has 7 heteroatoms. The molecule has 1 aliphatic heterocycles. The van der Waals surface area contributed by atoms with Crippen LogP contribution in [-0.4, -0.2) is 33.0 Å². The Morgan fingerprint density at radius 1 is 1.00 bits per heavy atom. The number of likely N-dealkylation sites (tertiary alicyclic amines) is 1. The number of piperidine rings is 1. The monoisotopic (exact) mass is 411 g/mol. The number of carbonyl (C=O) groups is 1. The van der Waals surface area contributed by atoms with Gasteiger partial charge in [0, 0.05) is 13.1 Å². The average Bonchev–Trinajstić information content (AvgIpc) is 3.21. The van der Waals surface area contributed by atoms with Crippen molar-refractivity contribution in [2.75, 3.05) is 13.1 Å². The maximum atomic E-state index is 13.2. The van der Waals surface area contributed by atoms with E-state index in [-0.39, 0.29) is 24.6 Å². The Kier molecular flexibility index (Phi) is 5.41. The normalized spacial score (nSPS) is 14.5. The number of hydrogen-bond acceptors (Lipinski definition) is 4. The summed E-state index contributed by atoms with van der Waals surface area (Å²) in [4.78, 5) is 40.8. The van der Waals surface area contributed by atoms with Gasteiger partial charge in [0.25, 0.3) is 5.56 Å². The van der Waals surface area contributed by atoms with Crippen LogP contribution in [0.5, 0.6) is 0 Å². The van der Waals surface area contributed by atoms with Gasteiger partial charge in [-0.15, -0.1) is 11.3 Å². The zero-order valence-electron chi connectivity index (χ0n) is 16.8. The minimum absolute atomic E-state index is 0.0285. The Balaban J connectivity index is 1.75. The van der Waals surface area contributed by atoms with E-state index >= 15 is 0 Å². The summed E-state index contributed by atoms with van der Waals surface area (Å²) in [7, 11) is 0. The van der Waals surface area contributed by atoms with E-state index < -0.39 is 5.69 Å². The van der Waals surface area contributed by atoms with Crippen molar-refractivity contribution < 1.29 is 4.79 Å². The SMILES string of the molecule is Cc1ccc(Cn2c(=O)c3sccc3n(CC(=O)N3CCCCC3)c2=O)cc1C. The first kappa shape index (κ1) is 19.6. The lowest BCUT2D eigenvalue weighted by Gasteiger charge is -2.27. The number of aryl methyl sites for hydroxylation is 2. The van der Waals surface area contributed by atoms with Gasteiger partial charge in [0.05, 0.1) is 12.1 Å². The number of thiophene rings is 1. The van der Waals surface area contributed by atoms with Crippen LogP contribution in [0.4, 0.5) is 0 Å². The number of carbonyl (C=O) groups excluding carboxylic acids is 1. The van der Waals surface area contributed by atoms with Crippen LogP contribution >= 0.6 is 11.3 Å². The van der Waals surface area contributed by atoms with Crippen molar-refractivity contribution in [2.24, 2.45) is 0 Å². The van der Waals surface area contributed by atoms with Crippen molar-refractivity contribution in [1.29, 1.82) is 0 Å². The lowest BCUT2D eigenvalue weighted by molar-refractivity contribution is -0.132. The average molecular weight is 412 g/mol. The highest BCUT2D eigenvalue weighted by Crippen LogP contribution is 2.17. The lowest BCUT2D eigenvalue weighted by atomic mass is 10.1. The standard InChI is InChI=1S/C22H25N3O3S/c1-15-6-7-17(12-16(15)2)13-25-21(27)20-18(8-11-29-20)24(22(25)28)14-19(26)23-9-4-3-5-10-23/h6-8,11-12H,3-5,9-10,13-14H2,1-2H3. The van der Waals surface area contributed by atoms with E-state index in [1.54, 1.807) is 11.4 Å². The minimum Gasteiger partial charge on any atom is -0.341 e. The van der Waals surface area contributed by atoms with Gasteiger partial charge in [0.2, 0.25) is 5.91 Å². The number of aromatic nitrogens is 2. The molecule has 3 aromatic rings. The number of amides is 1. The highest BCUT2D eigenvalue weighted by Gasteiger charge is 2.21. The second-order valence-corrected chi connectivity index (χ2v) is 8.67. The molecule has 6 nitrogen and oxygen atoms in total. The Morgan fingerprint density at radius 3 is 2.48 bits per heavy atom. The third kappa shape index (κ3) is 3.79. The van der Waals surface area contributed by atoms with E-state index in [1.165, 1.54) is 26.0 Å². The third-order valence-electron chi connectivity index (χ3n) is 5.75. The quantitative estimate of drug-likeness (QED) is 0.663. The van der Waals surface area contributed by atoms with Gasteiger partial charge in [-0.25, -0.2) is 4.79 Å². The first-order valence-corrected chi connectivity index (χ1v) is 10.9. The van der Waals surface area contributed by atoms with Crippen LogP contribution in [0.1, 0.15) is 36.0 Å². The predicted molar refractivity (Wildman–Crippen MR) is 116 cm³/mol. The Morgan fingerprint density at radius 2 is 1.76 bits per heavy atom. The first-order valence-electron chi connectivity index (χ1n) is 10.0. The molecule has 1 aliphatic rings. The van der Waals surface area contributed by atoms with Crippen molar-refractivity contribution in [3.63, 3.8) is 0 Å². The Hall–Kier alpha value is -2.67. The van der Waals surface area contributed by atoms with Crippen molar-refractivity contribution in [1.82, 2.24) is 14.0 Å². The summed E-state index contributed by atoms with van der Waals surface area (Å²) >= 11 is 1.31. The van der Waals surface area contributed by atoms with Gasteiger partial charge in [-0.05, 0) is 61.2 Å². The molecule has 0 spiro atoms. The van der Waals surface area contributed by atoms with E-state index in [0.717, 1.165) is 43.5 Å². The summed E-state index contributed by atoms with van der Waals surface area (Å²) in [5.74, 6) is -0.0596. The van der Waals surface area contributed by atoms with E-state index in [0.29, 0.717) is 10.2 Å². The van der Waals surface area contributed by atoms with Crippen LogP contribution in [0.3, 0.4) is 0 Å². The number of fused-ring (bicyclic) bond motifs is 1. The molecule has 1 amide bonds. The fourth-order valence-electron chi connectivity index (χ4n) is 3.89. The first-order chi connectivity index (χ1) is 14.0. The molecule has 0 radical (unpaired) electrons. The molecule has 4 rings (SSSR count). The number of rotatable bonds is 4. The maximum Gasteiger partial charge on any atom is 0.332 e. The summed E-state index contributed by atoms with van der Waals surface area (Å²) in [6.07, 6.45) is 3.14. The smallest absolute Gasteiger partial charge is 0.332 e. The molecular weight excluding hydrogens is 386 g/mol. The van der Waals surface area contributed by atoms with E-state index in [9.17, 15) is 14.4 Å². The van der Waals surface area contributed by atoms with Crippen molar-refractivity contribution >= 4 is 27.5 Å². The van der Waals surface area contributed by atoms with Crippen LogP contribution in [0.2, 0.25) is 0 Å².